The number of aliphatic carboxylic acids is 1. The second-order valence-corrected chi connectivity index (χ2v) is 9.34. The van der Waals surface area contributed by atoms with Crippen LogP contribution in [0.4, 0.5) is 4.79 Å². The first kappa shape index (κ1) is 25.2. The summed E-state index contributed by atoms with van der Waals surface area (Å²) in [7, 11) is 1.38. The predicted molar refractivity (Wildman–Crippen MR) is 128 cm³/mol. The molecule has 0 saturated carbocycles. The van der Waals surface area contributed by atoms with Crippen molar-refractivity contribution in [1.82, 2.24) is 10.6 Å². The van der Waals surface area contributed by atoms with E-state index < -0.39 is 35.5 Å². The number of fused-ring (bicyclic) bond motifs is 3. The van der Waals surface area contributed by atoms with E-state index in [4.69, 9.17) is 9.47 Å². The number of hydrogen-bond donors (Lipinski definition) is 3. The van der Waals surface area contributed by atoms with E-state index in [1.165, 1.54) is 7.11 Å². The minimum atomic E-state index is -1.17. The Balaban J connectivity index is 1.52. The van der Waals surface area contributed by atoms with E-state index in [9.17, 15) is 19.5 Å². The Morgan fingerprint density at radius 1 is 1.03 bits per heavy atom. The van der Waals surface area contributed by atoms with Crippen LogP contribution in [0.5, 0.6) is 0 Å². The highest BCUT2D eigenvalue weighted by atomic mass is 16.5. The zero-order valence-corrected chi connectivity index (χ0v) is 20.0. The molecule has 0 aromatic heterocycles. The number of benzene rings is 2. The fourth-order valence-corrected chi connectivity index (χ4v) is 4.20. The average Bonchev–Trinajstić information content (AvgIpc) is 3.12. The molecule has 182 valence electrons. The molecule has 0 saturated heterocycles. The molecule has 8 heteroatoms. The highest BCUT2D eigenvalue weighted by Crippen LogP contribution is 2.44. The summed E-state index contributed by atoms with van der Waals surface area (Å²) >= 11 is 0. The molecular formula is C26H32N2O6. The second kappa shape index (κ2) is 10.7. The fraction of sp³-hybridized carbons (Fsp3) is 0.423. The summed E-state index contributed by atoms with van der Waals surface area (Å²) < 4.78 is 10.6. The molecule has 2 aromatic rings. The number of carbonyl (C=O) groups excluding carboxylic acids is 2. The van der Waals surface area contributed by atoms with Crippen molar-refractivity contribution < 1.29 is 29.0 Å². The van der Waals surface area contributed by atoms with Gasteiger partial charge in [-0.05, 0) is 34.6 Å². The largest absolute Gasteiger partial charge is 0.480 e. The summed E-state index contributed by atoms with van der Waals surface area (Å²) in [5.74, 6) is -1.64. The van der Waals surface area contributed by atoms with Crippen LogP contribution in [0.15, 0.2) is 48.5 Å². The molecule has 0 fully saturated rings. The third kappa shape index (κ3) is 5.94. The quantitative estimate of drug-likeness (QED) is 0.491. The zero-order chi connectivity index (χ0) is 24.9. The van der Waals surface area contributed by atoms with Crippen LogP contribution >= 0.6 is 0 Å². The van der Waals surface area contributed by atoms with E-state index in [0.29, 0.717) is 0 Å². The lowest BCUT2D eigenvalue weighted by atomic mass is 9.88. The number of rotatable bonds is 10. The first-order valence-electron chi connectivity index (χ1n) is 11.3. The van der Waals surface area contributed by atoms with E-state index >= 15 is 0 Å². The highest BCUT2D eigenvalue weighted by molar-refractivity contribution is 5.84. The molecule has 34 heavy (non-hydrogen) atoms. The SMILES string of the molecule is CO[C@H](C)[C@H](NC(=O)CC(C)(C)CNC(=O)OCC1c2ccccc2-c2ccccc21)C(=O)O. The summed E-state index contributed by atoms with van der Waals surface area (Å²) in [6.07, 6.45) is -1.22. The molecule has 1 aliphatic carbocycles. The lowest BCUT2D eigenvalue weighted by Gasteiger charge is -2.26. The van der Waals surface area contributed by atoms with Crippen LogP contribution in [0.1, 0.15) is 44.2 Å². The van der Waals surface area contributed by atoms with Crippen molar-refractivity contribution in [2.45, 2.75) is 45.3 Å². The molecule has 3 rings (SSSR count). The number of hydrogen-bond acceptors (Lipinski definition) is 5. The number of methoxy groups -OCH3 is 1. The second-order valence-electron chi connectivity index (χ2n) is 9.34. The zero-order valence-electron chi connectivity index (χ0n) is 20.0. The lowest BCUT2D eigenvalue weighted by Crippen LogP contribution is -2.49. The first-order valence-corrected chi connectivity index (χ1v) is 11.3. The minimum absolute atomic E-state index is 0.0247. The summed E-state index contributed by atoms with van der Waals surface area (Å²) in [6, 6.07) is 15.1. The van der Waals surface area contributed by atoms with Crippen molar-refractivity contribution in [1.29, 1.82) is 0 Å². The van der Waals surface area contributed by atoms with Crippen molar-refractivity contribution >= 4 is 18.0 Å². The molecule has 0 unspecified atom stereocenters. The van der Waals surface area contributed by atoms with Crippen LogP contribution in [-0.4, -0.2) is 55.5 Å². The number of carboxylic acid groups (broad SMARTS) is 1. The molecule has 0 spiro atoms. The van der Waals surface area contributed by atoms with Crippen molar-refractivity contribution in [2.75, 3.05) is 20.3 Å². The number of carboxylic acids is 1. The van der Waals surface area contributed by atoms with Gasteiger partial charge in [0.15, 0.2) is 6.04 Å². The third-order valence-corrected chi connectivity index (χ3v) is 6.12. The number of carbonyl (C=O) groups is 3. The average molecular weight is 469 g/mol. The van der Waals surface area contributed by atoms with Gasteiger partial charge < -0.3 is 25.2 Å². The van der Waals surface area contributed by atoms with Gasteiger partial charge in [-0.25, -0.2) is 9.59 Å². The van der Waals surface area contributed by atoms with Gasteiger partial charge in [-0.1, -0.05) is 62.4 Å². The van der Waals surface area contributed by atoms with Crippen molar-refractivity contribution in [3.05, 3.63) is 59.7 Å². The number of nitrogens with one attached hydrogen (secondary N) is 2. The number of alkyl carbamates (subject to hydrolysis) is 1. The summed E-state index contributed by atoms with van der Waals surface area (Å²) in [5.41, 5.74) is 3.96. The molecule has 1 aliphatic rings. The van der Waals surface area contributed by atoms with Gasteiger partial charge in [-0.3, -0.25) is 4.79 Å². The van der Waals surface area contributed by atoms with Crippen LogP contribution in [0.3, 0.4) is 0 Å². The summed E-state index contributed by atoms with van der Waals surface area (Å²) in [4.78, 5) is 36.2. The summed E-state index contributed by atoms with van der Waals surface area (Å²) in [6.45, 7) is 5.59. The Morgan fingerprint density at radius 3 is 2.12 bits per heavy atom. The molecule has 0 radical (unpaired) electrons. The van der Waals surface area contributed by atoms with Gasteiger partial charge in [0, 0.05) is 26.0 Å². The van der Waals surface area contributed by atoms with Gasteiger partial charge in [0.25, 0.3) is 0 Å². The van der Waals surface area contributed by atoms with E-state index in [-0.39, 0.29) is 25.5 Å². The van der Waals surface area contributed by atoms with E-state index in [2.05, 4.69) is 34.9 Å². The molecule has 8 nitrogen and oxygen atoms in total. The van der Waals surface area contributed by atoms with Crippen LogP contribution < -0.4 is 10.6 Å². The first-order chi connectivity index (χ1) is 16.1. The molecule has 0 aliphatic heterocycles. The van der Waals surface area contributed by atoms with Gasteiger partial charge in [-0.2, -0.15) is 0 Å². The van der Waals surface area contributed by atoms with Gasteiger partial charge in [-0.15, -0.1) is 0 Å². The van der Waals surface area contributed by atoms with Crippen LogP contribution in [-0.2, 0) is 19.1 Å². The van der Waals surface area contributed by atoms with Crippen molar-refractivity contribution in [3.8, 4) is 11.1 Å². The Hall–Kier alpha value is -3.39. The van der Waals surface area contributed by atoms with E-state index in [1.54, 1.807) is 6.92 Å². The topological polar surface area (TPSA) is 114 Å². The smallest absolute Gasteiger partial charge is 0.407 e. The molecule has 2 amide bonds. The molecule has 0 bridgehead atoms. The van der Waals surface area contributed by atoms with Crippen LogP contribution in [0.2, 0.25) is 0 Å². The van der Waals surface area contributed by atoms with Gasteiger partial charge in [0.1, 0.15) is 6.61 Å². The molecule has 2 aromatic carbocycles. The maximum absolute atomic E-state index is 12.4. The Bertz CT molecular complexity index is 1010. The molecule has 3 N–H and O–H groups in total. The van der Waals surface area contributed by atoms with Crippen LogP contribution in [0.25, 0.3) is 11.1 Å². The van der Waals surface area contributed by atoms with Crippen molar-refractivity contribution in [3.63, 3.8) is 0 Å². The Kier molecular flexibility index (Phi) is 7.94. The normalized spacial score (nSPS) is 14.5. The molecular weight excluding hydrogens is 436 g/mol. The predicted octanol–water partition coefficient (Wildman–Crippen LogP) is 3.55. The standard InChI is InChI=1S/C26H32N2O6/c1-16(33-4)23(24(30)31)28-22(29)13-26(2,3)15-27-25(32)34-14-21-19-11-7-5-9-17(19)18-10-6-8-12-20(18)21/h5-12,16,21,23H,13-15H2,1-4H3,(H,27,32)(H,28,29)(H,30,31)/t16-,23+/m1/s1. The maximum Gasteiger partial charge on any atom is 0.407 e. The van der Waals surface area contributed by atoms with Gasteiger partial charge in [0.2, 0.25) is 5.91 Å². The van der Waals surface area contributed by atoms with Crippen molar-refractivity contribution in [2.24, 2.45) is 5.41 Å². The van der Waals surface area contributed by atoms with E-state index in [0.717, 1.165) is 22.3 Å². The molecule has 0 heterocycles. The Morgan fingerprint density at radius 2 is 1.59 bits per heavy atom. The Labute approximate surface area is 199 Å². The van der Waals surface area contributed by atoms with E-state index in [1.807, 2.05) is 38.1 Å². The fourth-order valence-electron chi connectivity index (χ4n) is 4.20. The summed E-state index contributed by atoms with van der Waals surface area (Å²) in [5, 5.41) is 14.5. The van der Waals surface area contributed by atoms with Gasteiger partial charge in [0.05, 0.1) is 6.10 Å². The number of amides is 2. The third-order valence-electron chi connectivity index (χ3n) is 6.12. The monoisotopic (exact) mass is 468 g/mol. The van der Waals surface area contributed by atoms with Crippen LogP contribution in [0, 0.1) is 5.41 Å². The van der Waals surface area contributed by atoms with Gasteiger partial charge >= 0.3 is 12.1 Å². The maximum atomic E-state index is 12.4. The number of ether oxygens (including phenoxy) is 2. The lowest BCUT2D eigenvalue weighted by molar-refractivity contribution is -0.145. The highest BCUT2D eigenvalue weighted by Gasteiger charge is 2.31. The minimum Gasteiger partial charge on any atom is -0.480 e. The molecule has 2 atom stereocenters.